The first-order valence-electron chi connectivity index (χ1n) is 4.84. The molecule has 0 spiro atoms. The van der Waals surface area contributed by atoms with Crippen LogP contribution in [0.2, 0.25) is 0 Å². The monoisotopic (exact) mass is 194 g/mol. The fraction of sp³-hybridized carbons (Fsp3) is 1.00. The van der Waals surface area contributed by atoms with Gasteiger partial charge >= 0.3 is 0 Å². The first-order chi connectivity index (χ1) is 5.46. The predicted molar refractivity (Wildman–Crippen MR) is 56.2 cm³/mol. The van der Waals surface area contributed by atoms with Gasteiger partial charge in [0.15, 0.2) is 0 Å². The quantitative estimate of drug-likeness (QED) is 0.705. The summed E-state index contributed by atoms with van der Waals surface area (Å²) in [6, 6.07) is 0. The van der Waals surface area contributed by atoms with E-state index in [1.807, 2.05) is 20.8 Å². The van der Waals surface area contributed by atoms with Gasteiger partial charge in [-0.25, -0.2) is 4.21 Å². The molecule has 0 heterocycles. The van der Waals surface area contributed by atoms with Crippen molar-refractivity contribution in [3.63, 3.8) is 0 Å². The summed E-state index contributed by atoms with van der Waals surface area (Å²) in [5.74, 6) is 1.45. The highest BCUT2D eigenvalue weighted by Gasteiger charge is 2.24. The Morgan fingerprint density at radius 3 is 1.33 bits per heavy atom. The van der Waals surface area contributed by atoms with E-state index in [4.69, 9.17) is 0 Å². The van der Waals surface area contributed by atoms with E-state index in [1.54, 1.807) is 0 Å². The second-order valence-corrected chi connectivity index (χ2v) is 7.62. The molecule has 0 aromatic carbocycles. The molecule has 0 unspecified atom stereocenters. The van der Waals surface area contributed by atoms with E-state index in [0.717, 1.165) is 19.3 Å². The maximum atomic E-state index is 12.1. The normalized spacial score (nSPS) is 15.5. The number of hydrogen-bond acceptors (Lipinski definition) is 1. The molecule has 0 radical (unpaired) electrons. The fourth-order valence-corrected chi connectivity index (χ4v) is 5.09. The highest BCUT2D eigenvalue weighted by molar-refractivity contribution is 8.15. The van der Waals surface area contributed by atoms with Gasteiger partial charge in [-0.1, -0.05) is 20.8 Å². The molecule has 2 nitrogen and oxygen atoms in total. The van der Waals surface area contributed by atoms with Gasteiger partial charge in [-0.2, -0.15) is 9.35 Å². The van der Waals surface area contributed by atoms with E-state index < -0.39 is 9.35 Å². The van der Waals surface area contributed by atoms with Crippen molar-refractivity contribution in [2.45, 2.75) is 40.0 Å². The predicted octanol–water partition coefficient (Wildman–Crippen LogP) is 2.51. The van der Waals surface area contributed by atoms with E-state index >= 15 is 0 Å². The lowest BCUT2D eigenvalue weighted by Crippen LogP contribution is -2.42. The number of rotatable bonds is 6. The van der Waals surface area contributed by atoms with Gasteiger partial charge in [0.05, 0.1) is 0 Å². The Labute approximate surface area is 76.0 Å². The van der Waals surface area contributed by atoms with Crippen molar-refractivity contribution in [3.05, 3.63) is 0 Å². The average Bonchev–Trinajstić information content (AvgIpc) is 1.86. The minimum absolute atomic E-state index is 0.485. The van der Waals surface area contributed by atoms with Crippen molar-refractivity contribution in [2.24, 2.45) is 0 Å². The van der Waals surface area contributed by atoms with Crippen LogP contribution in [-0.2, 0) is 9.35 Å². The first-order valence-corrected chi connectivity index (χ1v) is 7.27. The van der Waals surface area contributed by atoms with Crippen LogP contribution >= 0.6 is 0 Å². The summed E-state index contributed by atoms with van der Waals surface area (Å²) < 4.78 is 22.2. The molecule has 0 aromatic heterocycles. The molecule has 0 atom stereocenters. The largest absolute Gasteiger partial charge is 0.303 e. The maximum absolute atomic E-state index is 12.1. The molecule has 0 aliphatic rings. The fourth-order valence-electron chi connectivity index (χ4n) is 1.70. The molecule has 0 bridgehead atoms. The van der Waals surface area contributed by atoms with Crippen LogP contribution in [0.3, 0.4) is 0 Å². The molecule has 0 amide bonds. The molecule has 0 fully saturated rings. The van der Waals surface area contributed by atoms with Crippen molar-refractivity contribution in [1.29, 1.82) is 0 Å². The Morgan fingerprint density at radius 2 is 1.17 bits per heavy atom. The lowest BCUT2D eigenvalue weighted by Gasteiger charge is -2.42. The summed E-state index contributed by atoms with van der Waals surface area (Å²) in [6.45, 7) is 5.90. The maximum Gasteiger partial charge on any atom is 0.0339 e. The van der Waals surface area contributed by atoms with Crippen LogP contribution in [0.25, 0.3) is 0 Å². The minimum atomic E-state index is -3.22. The van der Waals surface area contributed by atoms with Crippen molar-refractivity contribution >= 4 is 9.35 Å². The molecule has 12 heavy (non-hydrogen) atoms. The highest BCUT2D eigenvalue weighted by Crippen LogP contribution is 2.24. The van der Waals surface area contributed by atoms with Gasteiger partial charge in [-0.3, -0.25) is 0 Å². The van der Waals surface area contributed by atoms with Crippen molar-refractivity contribution < 1.29 is 8.76 Å². The Bertz CT molecular complexity index is 160. The molecule has 0 saturated heterocycles. The van der Waals surface area contributed by atoms with Gasteiger partial charge in [0, 0.05) is 17.3 Å². The van der Waals surface area contributed by atoms with Crippen LogP contribution in [0.4, 0.5) is 0 Å². The molecule has 3 heteroatoms. The third-order valence-electron chi connectivity index (χ3n) is 2.00. The van der Waals surface area contributed by atoms with Gasteiger partial charge in [0.2, 0.25) is 0 Å². The second-order valence-electron chi connectivity index (χ2n) is 3.54. The Kier molecular flexibility index (Phi) is 4.42. The molecular formula is C9H22O2S. The SMILES string of the molecule is CCCS(=O)(O)(CCC)CCC. The van der Waals surface area contributed by atoms with Crippen LogP contribution < -0.4 is 0 Å². The van der Waals surface area contributed by atoms with Crippen LogP contribution in [0.15, 0.2) is 0 Å². The summed E-state index contributed by atoms with van der Waals surface area (Å²) in [6.07, 6.45) is 2.42. The topological polar surface area (TPSA) is 37.3 Å². The molecule has 76 valence electrons. The minimum Gasteiger partial charge on any atom is -0.303 e. The Morgan fingerprint density at radius 1 is 0.917 bits per heavy atom. The summed E-state index contributed by atoms with van der Waals surface area (Å²) >= 11 is 0. The van der Waals surface area contributed by atoms with Crippen LogP contribution in [0.1, 0.15) is 40.0 Å². The van der Waals surface area contributed by atoms with Gasteiger partial charge in [-0.05, 0) is 19.3 Å². The van der Waals surface area contributed by atoms with Crippen LogP contribution in [0, 0.1) is 0 Å². The third kappa shape index (κ3) is 3.68. The first kappa shape index (κ1) is 12.1. The summed E-state index contributed by atoms with van der Waals surface area (Å²) in [5, 5.41) is 0. The Hall–Kier alpha value is 0.110. The van der Waals surface area contributed by atoms with Gasteiger partial charge < -0.3 is 4.55 Å². The summed E-state index contributed by atoms with van der Waals surface area (Å²) in [5.41, 5.74) is 0. The summed E-state index contributed by atoms with van der Waals surface area (Å²) in [4.78, 5) is 0. The summed E-state index contributed by atoms with van der Waals surface area (Å²) in [7, 11) is -3.22. The zero-order valence-electron chi connectivity index (χ0n) is 8.51. The Balaban J connectivity index is 4.44. The molecule has 0 aliphatic carbocycles. The van der Waals surface area contributed by atoms with Crippen molar-refractivity contribution in [1.82, 2.24) is 0 Å². The van der Waals surface area contributed by atoms with Crippen molar-refractivity contribution in [3.8, 4) is 0 Å². The standard InChI is InChI=1S/C9H22O2S/c1-4-7-12(10,11,8-5-2)9-6-3/h4-9H2,1-3H3,(H,10,11). The van der Waals surface area contributed by atoms with Gasteiger partial charge in [-0.15, -0.1) is 0 Å². The molecule has 0 aromatic rings. The van der Waals surface area contributed by atoms with Crippen molar-refractivity contribution in [2.75, 3.05) is 17.3 Å². The molecule has 0 aliphatic heterocycles. The third-order valence-corrected chi connectivity index (χ3v) is 6.01. The van der Waals surface area contributed by atoms with Crippen LogP contribution in [0.5, 0.6) is 0 Å². The van der Waals surface area contributed by atoms with E-state index in [-0.39, 0.29) is 0 Å². The second kappa shape index (κ2) is 4.38. The van der Waals surface area contributed by atoms with E-state index in [1.165, 1.54) is 0 Å². The zero-order valence-corrected chi connectivity index (χ0v) is 9.32. The van der Waals surface area contributed by atoms with E-state index in [2.05, 4.69) is 0 Å². The smallest absolute Gasteiger partial charge is 0.0339 e. The molecule has 0 rings (SSSR count). The molecular weight excluding hydrogens is 172 g/mol. The lowest BCUT2D eigenvalue weighted by atomic mass is 10.6. The van der Waals surface area contributed by atoms with Crippen LogP contribution in [-0.4, -0.2) is 26.0 Å². The molecule has 1 N–H and O–H groups in total. The van der Waals surface area contributed by atoms with E-state index in [9.17, 15) is 8.76 Å². The van der Waals surface area contributed by atoms with E-state index in [0.29, 0.717) is 17.3 Å². The van der Waals surface area contributed by atoms with Gasteiger partial charge in [0.25, 0.3) is 0 Å². The lowest BCUT2D eigenvalue weighted by molar-refractivity contribution is 0.506. The van der Waals surface area contributed by atoms with Gasteiger partial charge in [0.1, 0.15) is 0 Å². The highest BCUT2D eigenvalue weighted by atomic mass is 32.3. The average molecular weight is 194 g/mol. The zero-order chi connectivity index (χ0) is 9.69. The number of hydrogen-bond donors (Lipinski definition) is 1. The molecule has 0 saturated carbocycles.